The van der Waals surface area contributed by atoms with Crippen LogP contribution in [0.1, 0.15) is 17.3 Å². The Morgan fingerprint density at radius 1 is 1.40 bits per heavy atom. The Kier molecular flexibility index (Phi) is 3.31. The van der Waals surface area contributed by atoms with Gasteiger partial charge in [0.05, 0.1) is 0 Å². The number of rotatable bonds is 2. The van der Waals surface area contributed by atoms with Gasteiger partial charge in [-0.1, -0.05) is 0 Å². The van der Waals surface area contributed by atoms with Crippen LogP contribution in [0.15, 0.2) is 12.1 Å². The first kappa shape index (κ1) is 11.5. The third-order valence-corrected chi connectivity index (χ3v) is 1.80. The van der Waals surface area contributed by atoms with Crippen molar-refractivity contribution >= 4 is 28.8 Å². The van der Waals surface area contributed by atoms with Gasteiger partial charge in [0, 0.05) is 5.56 Å². The number of halogens is 2. The molecule has 0 aliphatic heterocycles. The Morgan fingerprint density at radius 3 is 2.20 bits per heavy atom. The summed E-state index contributed by atoms with van der Waals surface area (Å²) >= 11 is 4.45. The van der Waals surface area contributed by atoms with Crippen molar-refractivity contribution in [1.29, 1.82) is 0 Å². The van der Waals surface area contributed by atoms with Gasteiger partial charge in [-0.3, -0.25) is 4.79 Å². The van der Waals surface area contributed by atoms with Gasteiger partial charge in [0.25, 0.3) is 0 Å². The van der Waals surface area contributed by atoms with Gasteiger partial charge in [0.1, 0.15) is 17.3 Å². The molecule has 3 nitrogen and oxygen atoms in total. The average Bonchev–Trinajstić information content (AvgIpc) is 2.10. The standard InChI is InChI=1S/C9H8F2N2OS/c1-4(14)5-2-6(10)8(7(11)3-5)13-9(12)15/h2-3H,1H3,(H3,12,13,15). The minimum atomic E-state index is -0.909. The van der Waals surface area contributed by atoms with E-state index in [-0.39, 0.29) is 10.7 Å². The fourth-order valence-electron chi connectivity index (χ4n) is 1.02. The molecule has 0 spiro atoms. The van der Waals surface area contributed by atoms with Crippen molar-refractivity contribution in [2.45, 2.75) is 6.92 Å². The van der Waals surface area contributed by atoms with Crippen LogP contribution in [0.2, 0.25) is 0 Å². The molecule has 0 saturated carbocycles. The monoisotopic (exact) mass is 230 g/mol. The molecule has 1 aromatic carbocycles. The van der Waals surface area contributed by atoms with E-state index in [1.54, 1.807) is 0 Å². The van der Waals surface area contributed by atoms with Crippen LogP contribution < -0.4 is 11.1 Å². The van der Waals surface area contributed by atoms with Gasteiger partial charge in [0.2, 0.25) is 0 Å². The molecular formula is C9H8F2N2OS. The number of nitrogens with one attached hydrogen (secondary N) is 1. The van der Waals surface area contributed by atoms with Crippen molar-refractivity contribution in [3.8, 4) is 0 Å². The number of carbonyl (C=O) groups is 1. The number of anilines is 1. The fourth-order valence-corrected chi connectivity index (χ4v) is 1.12. The van der Waals surface area contributed by atoms with Crippen LogP contribution in [0.25, 0.3) is 0 Å². The second kappa shape index (κ2) is 4.31. The molecule has 0 aliphatic carbocycles. The summed E-state index contributed by atoms with van der Waals surface area (Å²) in [6.07, 6.45) is 0. The molecule has 3 N–H and O–H groups in total. The molecule has 80 valence electrons. The van der Waals surface area contributed by atoms with Gasteiger partial charge >= 0.3 is 0 Å². The van der Waals surface area contributed by atoms with Crippen molar-refractivity contribution in [3.63, 3.8) is 0 Å². The van der Waals surface area contributed by atoms with Crippen LogP contribution in [0.4, 0.5) is 14.5 Å². The lowest BCUT2D eigenvalue weighted by Crippen LogP contribution is -2.20. The van der Waals surface area contributed by atoms with E-state index in [1.165, 1.54) is 6.92 Å². The highest BCUT2D eigenvalue weighted by molar-refractivity contribution is 7.80. The fraction of sp³-hybridized carbons (Fsp3) is 0.111. The Labute approximate surface area is 90.3 Å². The molecule has 1 rings (SSSR count). The maximum Gasteiger partial charge on any atom is 0.168 e. The summed E-state index contributed by atoms with van der Waals surface area (Å²) in [5.41, 5.74) is 4.59. The van der Waals surface area contributed by atoms with Gasteiger partial charge < -0.3 is 11.1 Å². The predicted molar refractivity (Wildman–Crippen MR) is 56.8 cm³/mol. The number of thiocarbonyl (C=S) groups is 1. The Morgan fingerprint density at radius 2 is 1.87 bits per heavy atom. The Hall–Kier alpha value is -1.56. The highest BCUT2D eigenvalue weighted by Crippen LogP contribution is 2.20. The molecule has 6 heteroatoms. The van der Waals surface area contributed by atoms with Crippen LogP contribution in [-0.2, 0) is 0 Å². The quantitative estimate of drug-likeness (QED) is 0.601. The lowest BCUT2D eigenvalue weighted by molar-refractivity contribution is 0.101. The normalized spacial score (nSPS) is 9.80. The zero-order valence-corrected chi connectivity index (χ0v) is 8.62. The molecule has 0 aromatic heterocycles. The summed E-state index contributed by atoms with van der Waals surface area (Å²) in [5.74, 6) is -2.24. The molecule has 0 radical (unpaired) electrons. The third kappa shape index (κ3) is 2.69. The molecular weight excluding hydrogens is 222 g/mol. The van der Waals surface area contributed by atoms with Crippen molar-refractivity contribution in [3.05, 3.63) is 29.3 Å². The maximum atomic E-state index is 13.3. The molecule has 0 amide bonds. The largest absolute Gasteiger partial charge is 0.376 e. The third-order valence-electron chi connectivity index (χ3n) is 1.70. The Bertz CT molecular complexity index is 411. The SMILES string of the molecule is CC(=O)c1cc(F)c(NC(N)=S)c(F)c1. The molecule has 0 unspecified atom stereocenters. The summed E-state index contributed by atoms with van der Waals surface area (Å²) in [7, 11) is 0. The molecule has 0 fully saturated rings. The highest BCUT2D eigenvalue weighted by atomic mass is 32.1. The first-order chi connectivity index (χ1) is 6.91. The van der Waals surface area contributed by atoms with Crippen LogP contribution in [0.5, 0.6) is 0 Å². The van der Waals surface area contributed by atoms with E-state index < -0.39 is 23.1 Å². The van der Waals surface area contributed by atoms with E-state index in [9.17, 15) is 13.6 Å². The van der Waals surface area contributed by atoms with E-state index in [2.05, 4.69) is 17.5 Å². The van der Waals surface area contributed by atoms with Gasteiger partial charge in [-0.15, -0.1) is 0 Å². The zero-order chi connectivity index (χ0) is 11.6. The lowest BCUT2D eigenvalue weighted by atomic mass is 10.1. The zero-order valence-electron chi connectivity index (χ0n) is 7.80. The minimum Gasteiger partial charge on any atom is -0.376 e. The highest BCUT2D eigenvalue weighted by Gasteiger charge is 2.13. The van der Waals surface area contributed by atoms with E-state index in [0.717, 1.165) is 12.1 Å². The minimum absolute atomic E-state index is 0.0431. The van der Waals surface area contributed by atoms with Crippen LogP contribution in [-0.4, -0.2) is 10.9 Å². The maximum absolute atomic E-state index is 13.3. The second-order valence-electron chi connectivity index (χ2n) is 2.86. The number of carbonyl (C=O) groups excluding carboxylic acids is 1. The van der Waals surface area contributed by atoms with Gasteiger partial charge in [-0.2, -0.15) is 0 Å². The van der Waals surface area contributed by atoms with Gasteiger partial charge in [-0.25, -0.2) is 8.78 Å². The van der Waals surface area contributed by atoms with Gasteiger partial charge in [0.15, 0.2) is 10.9 Å². The van der Waals surface area contributed by atoms with Crippen molar-refractivity contribution in [2.75, 3.05) is 5.32 Å². The second-order valence-corrected chi connectivity index (χ2v) is 3.30. The van der Waals surface area contributed by atoms with Crippen molar-refractivity contribution in [2.24, 2.45) is 5.73 Å². The van der Waals surface area contributed by atoms with E-state index in [4.69, 9.17) is 5.73 Å². The number of ketones is 1. The lowest BCUT2D eigenvalue weighted by Gasteiger charge is -2.07. The van der Waals surface area contributed by atoms with E-state index >= 15 is 0 Å². The molecule has 0 heterocycles. The van der Waals surface area contributed by atoms with Crippen molar-refractivity contribution < 1.29 is 13.6 Å². The molecule has 1 aromatic rings. The van der Waals surface area contributed by atoms with Crippen LogP contribution in [0.3, 0.4) is 0 Å². The Balaban J connectivity index is 3.21. The summed E-state index contributed by atoms with van der Waals surface area (Å²) in [6, 6.07) is 1.85. The summed E-state index contributed by atoms with van der Waals surface area (Å²) < 4.78 is 26.5. The molecule has 0 saturated heterocycles. The molecule has 0 bridgehead atoms. The summed E-state index contributed by atoms with van der Waals surface area (Å²) in [4.78, 5) is 10.9. The molecule has 0 aliphatic rings. The van der Waals surface area contributed by atoms with E-state index in [0.29, 0.717) is 0 Å². The van der Waals surface area contributed by atoms with Crippen LogP contribution in [0, 0.1) is 11.6 Å². The van der Waals surface area contributed by atoms with Gasteiger partial charge in [-0.05, 0) is 31.3 Å². The number of hydrogen-bond donors (Lipinski definition) is 2. The smallest absolute Gasteiger partial charge is 0.168 e. The molecule has 15 heavy (non-hydrogen) atoms. The topological polar surface area (TPSA) is 55.1 Å². The number of benzene rings is 1. The number of nitrogens with two attached hydrogens (primary N) is 1. The number of Topliss-reactive ketones (excluding diaryl/α,β-unsaturated/α-hetero) is 1. The molecule has 0 atom stereocenters. The van der Waals surface area contributed by atoms with Crippen LogP contribution >= 0.6 is 12.2 Å². The predicted octanol–water partition coefficient (Wildman–Crippen LogP) is 1.82. The van der Waals surface area contributed by atoms with E-state index in [1.807, 2.05) is 0 Å². The van der Waals surface area contributed by atoms with Crippen molar-refractivity contribution in [1.82, 2.24) is 0 Å². The first-order valence-corrected chi connectivity index (χ1v) is 4.39. The number of hydrogen-bond acceptors (Lipinski definition) is 2. The average molecular weight is 230 g/mol. The first-order valence-electron chi connectivity index (χ1n) is 3.98. The summed E-state index contributed by atoms with van der Waals surface area (Å²) in [5, 5.41) is 1.91. The summed E-state index contributed by atoms with van der Waals surface area (Å²) in [6.45, 7) is 1.22.